The van der Waals surface area contributed by atoms with E-state index in [0.717, 1.165) is 5.65 Å². The first kappa shape index (κ1) is 15.0. The standard InChI is InChI=1S/C14H17N3O4/c1-14(9-21-2,13(19)20)16-12(18)7-10-8-17-6-4-3-5-11(17)15-10/h3-6,8H,7,9H2,1-2H3,(H,16,18)(H,19,20). The van der Waals surface area contributed by atoms with E-state index in [1.165, 1.54) is 14.0 Å². The van der Waals surface area contributed by atoms with E-state index in [2.05, 4.69) is 10.3 Å². The van der Waals surface area contributed by atoms with Gasteiger partial charge in [0.15, 0.2) is 5.54 Å². The molecule has 0 saturated heterocycles. The monoisotopic (exact) mass is 291 g/mol. The van der Waals surface area contributed by atoms with Crippen molar-refractivity contribution in [2.75, 3.05) is 13.7 Å². The zero-order valence-corrected chi connectivity index (χ0v) is 11.9. The van der Waals surface area contributed by atoms with Crippen LogP contribution in [0.3, 0.4) is 0 Å². The van der Waals surface area contributed by atoms with Crippen LogP contribution in [0.25, 0.3) is 5.65 Å². The molecule has 0 fully saturated rings. The number of ether oxygens (including phenoxy) is 1. The molecule has 0 spiro atoms. The third-order valence-corrected chi connectivity index (χ3v) is 3.08. The quantitative estimate of drug-likeness (QED) is 0.807. The summed E-state index contributed by atoms with van der Waals surface area (Å²) in [4.78, 5) is 27.5. The van der Waals surface area contributed by atoms with Crippen molar-refractivity contribution in [3.8, 4) is 0 Å². The van der Waals surface area contributed by atoms with Gasteiger partial charge in [0, 0.05) is 19.5 Å². The summed E-state index contributed by atoms with van der Waals surface area (Å²) in [6.07, 6.45) is 3.58. The molecule has 0 aliphatic carbocycles. The number of nitrogens with zero attached hydrogens (tertiary/aromatic N) is 2. The van der Waals surface area contributed by atoms with Crippen LogP contribution in [0.4, 0.5) is 0 Å². The summed E-state index contributed by atoms with van der Waals surface area (Å²) in [5, 5.41) is 11.7. The lowest BCUT2D eigenvalue weighted by molar-refractivity contribution is -0.149. The number of aliphatic carboxylic acids is 1. The van der Waals surface area contributed by atoms with Crippen LogP contribution >= 0.6 is 0 Å². The van der Waals surface area contributed by atoms with Crippen LogP contribution in [-0.2, 0) is 20.7 Å². The van der Waals surface area contributed by atoms with Crippen molar-refractivity contribution < 1.29 is 19.4 Å². The Balaban J connectivity index is 2.08. The number of imidazole rings is 1. The molecule has 2 heterocycles. The minimum Gasteiger partial charge on any atom is -0.479 e. The van der Waals surface area contributed by atoms with Crippen LogP contribution < -0.4 is 5.32 Å². The van der Waals surface area contributed by atoms with E-state index >= 15 is 0 Å². The van der Waals surface area contributed by atoms with Crippen molar-refractivity contribution in [2.24, 2.45) is 0 Å². The molecule has 1 unspecified atom stereocenters. The SMILES string of the molecule is COCC(C)(NC(=O)Cc1cn2ccccc2n1)C(=O)O. The summed E-state index contributed by atoms with van der Waals surface area (Å²) in [5.74, 6) is -1.56. The third kappa shape index (κ3) is 3.38. The molecule has 0 radical (unpaired) electrons. The molecule has 1 amide bonds. The highest BCUT2D eigenvalue weighted by atomic mass is 16.5. The molecule has 2 N–H and O–H groups in total. The Kier molecular flexibility index (Phi) is 4.23. The molecule has 7 nitrogen and oxygen atoms in total. The predicted molar refractivity (Wildman–Crippen MR) is 75.0 cm³/mol. The molecule has 2 rings (SSSR count). The van der Waals surface area contributed by atoms with Gasteiger partial charge >= 0.3 is 5.97 Å². The van der Waals surface area contributed by atoms with Gasteiger partial charge in [-0.3, -0.25) is 4.79 Å². The van der Waals surface area contributed by atoms with Crippen molar-refractivity contribution in [3.63, 3.8) is 0 Å². The average molecular weight is 291 g/mol. The molecule has 0 aliphatic heterocycles. The lowest BCUT2D eigenvalue weighted by Crippen LogP contribution is -2.55. The number of aromatic nitrogens is 2. The fourth-order valence-electron chi connectivity index (χ4n) is 2.03. The minimum absolute atomic E-state index is 0.00820. The Morgan fingerprint density at radius 2 is 2.24 bits per heavy atom. The Morgan fingerprint density at radius 1 is 1.48 bits per heavy atom. The van der Waals surface area contributed by atoms with Gasteiger partial charge in [0.1, 0.15) is 5.65 Å². The van der Waals surface area contributed by atoms with Crippen molar-refractivity contribution in [1.29, 1.82) is 0 Å². The molecule has 0 saturated carbocycles. The first-order valence-corrected chi connectivity index (χ1v) is 6.40. The van der Waals surface area contributed by atoms with Crippen LogP contribution in [0.15, 0.2) is 30.6 Å². The summed E-state index contributed by atoms with van der Waals surface area (Å²) in [6, 6.07) is 5.54. The number of methoxy groups -OCH3 is 1. The van der Waals surface area contributed by atoms with Gasteiger partial charge in [0.25, 0.3) is 0 Å². The van der Waals surface area contributed by atoms with Crippen LogP contribution in [0.2, 0.25) is 0 Å². The van der Waals surface area contributed by atoms with E-state index in [9.17, 15) is 14.7 Å². The zero-order valence-electron chi connectivity index (χ0n) is 11.9. The average Bonchev–Trinajstić information content (AvgIpc) is 2.80. The fraction of sp³-hybridized carbons (Fsp3) is 0.357. The summed E-state index contributed by atoms with van der Waals surface area (Å²) in [5.41, 5.74) is -0.146. The number of carbonyl (C=O) groups is 2. The highest BCUT2D eigenvalue weighted by molar-refractivity contribution is 5.87. The maximum absolute atomic E-state index is 12.0. The van der Waals surface area contributed by atoms with Gasteiger partial charge in [0.2, 0.25) is 5.91 Å². The normalized spacial score (nSPS) is 13.8. The van der Waals surface area contributed by atoms with Gasteiger partial charge < -0.3 is 19.6 Å². The van der Waals surface area contributed by atoms with E-state index in [4.69, 9.17) is 4.74 Å². The Bertz CT molecular complexity index is 634. The first-order chi connectivity index (χ1) is 9.94. The molecule has 0 bridgehead atoms. The number of hydrogen-bond donors (Lipinski definition) is 2. The minimum atomic E-state index is -1.45. The number of carboxylic acids is 1. The molecule has 0 aromatic carbocycles. The summed E-state index contributed by atoms with van der Waals surface area (Å²) in [6.45, 7) is 1.29. The van der Waals surface area contributed by atoms with Crippen molar-refractivity contribution in [3.05, 3.63) is 36.3 Å². The highest BCUT2D eigenvalue weighted by Crippen LogP contribution is 2.08. The molecule has 2 aromatic heterocycles. The van der Waals surface area contributed by atoms with Crippen LogP contribution in [0, 0.1) is 0 Å². The van der Waals surface area contributed by atoms with Crippen molar-refractivity contribution in [1.82, 2.24) is 14.7 Å². The number of hydrogen-bond acceptors (Lipinski definition) is 4. The molecule has 2 aromatic rings. The number of pyridine rings is 1. The number of fused-ring (bicyclic) bond motifs is 1. The van der Waals surface area contributed by atoms with Crippen LogP contribution in [0.5, 0.6) is 0 Å². The Morgan fingerprint density at radius 3 is 2.86 bits per heavy atom. The molecular formula is C14H17N3O4. The number of rotatable bonds is 6. The Labute approximate surface area is 121 Å². The topological polar surface area (TPSA) is 92.9 Å². The molecule has 0 aliphatic rings. The predicted octanol–water partition coefficient (Wildman–Crippen LogP) is 0.483. The van der Waals surface area contributed by atoms with E-state index in [0.29, 0.717) is 5.69 Å². The third-order valence-electron chi connectivity index (χ3n) is 3.08. The fourth-order valence-corrected chi connectivity index (χ4v) is 2.03. The van der Waals surface area contributed by atoms with Gasteiger partial charge in [-0.25, -0.2) is 9.78 Å². The summed E-state index contributed by atoms with van der Waals surface area (Å²) >= 11 is 0. The van der Waals surface area contributed by atoms with E-state index in [1.807, 2.05) is 24.4 Å². The van der Waals surface area contributed by atoms with Gasteiger partial charge in [0.05, 0.1) is 18.7 Å². The second-order valence-electron chi connectivity index (χ2n) is 4.99. The van der Waals surface area contributed by atoms with Gasteiger partial charge in [-0.1, -0.05) is 6.07 Å². The van der Waals surface area contributed by atoms with Crippen molar-refractivity contribution >= 4 is 17.5 Å². The largest absolute Gasteiger partial charge is 0.479 e. The molecule has 7 heteroatoms. The highest BCUT2D eigenvalue weighted by Gasteiger charge is 2.35. The zero-order chi connectivity index (χ0) is 15.5. The van der Waals surface area contributed by atoms with Gasteiger partial charge in [-0.15, -0.1) is 0 Å². The first-order valence-electron chi connectivity index (χ1n) is 6.40. The van der Waals surface area contributed by atoms with Crippen LogP contribution in [-0.4, -0.2) is 45.6 Å². The molecule has 21 heavy (non-hydrogen) atoms. The van der Waals surface area contributed by atoms with Crippen LogP contribution in [0.1, 0.15) is 12.6 Å². The lowest BCUT2D eigenvalue weighted by atomic mass is 10.0. The van der Waals surface area contributed by atoms with E-state index in [1.54, 1.807) is 10.6 Å². The number of carbonyl (C=O) groups excluding carboxylic acids is 1. The molecule has 112 valence electrons. The van der Waals surface area contributed by atoms with E-state index < -0.39 is 17.4 Å². The molecular weight excluding hydrogens is 274 g/mol. The number of amides is 1. The maximum atomic E-state index is 12.0. The van der Waals surface area contributed by atoms with E-state index in [-0.39, 0.29) is 13.0 Å². The smallest absolute Gasteiger partial charge is 0.331 e. The molecule has 1 atom stereocenters. The summed E-state index contributed by atoms with van der Waals surface area (Å²) < 4.78 is 6.65. The second-order valence-corrected chi connectivity index (χ2v) is 4.99. The summed E-state index contributed by atoms with van der Waals surface area (Å²) in [7, 11) is 1.38. The number of nitrogens with one attached hydrogen (secondary N) is 1. The van der Waals surface area contributed by atoms with Gasteiger partial charge in [-0.2, -0.15) is 0 Å². The maximum Gasteiger partial charge on any atom is 0.331 e. The van der Waals surface area contributed by atoms with Gasteiger partial charge in [-0.05, 0) is 19.1 Å². The number of carboxylic acid groups (broad SMARTS) is 1. The Hall–Kier alpha value is -2.41. The lowest BCUT2D eigenvalue weighted by Gasteiger charge is -2.25. The van der Waals surface area contributed by atoms with Crippen molar-refractivity contribution in [2.45, 2.75) is 18.9 Å². The second kappa shape index (κ2) is 5.92.